The number of aromatic nitrogens is 3. The molecule has 0 atom stereocenters. The van der Waals surface area contributed by atoms with Gasteiger partial charge in [-0.25, -0.2) is 0 Å². The standard InChI is InChI=1S/C17H17ClN4S/c1-11-6-7-12(2)15(8-11)22-16(20-21-17(22)23)10-19-14-5-3-4-13(18)9-14/h3-9,19H,10H2,1-2H3,(H,21,23). The Bertz CT molecular complexity index is 898. The van der Waals surface area contributed by atoms with Gasteiger partial charge in [0, 0.05) is 10.7 Å². The van der Waals surface area contributed by atoms with E-state index in [9.17, 15) is 0 Å². The van der Waals surface area contributed by atoms with Gasteiger partial charge in [-0.05, 0) is 61.5 Å². The molecule has 118 valence electrons. The lowest BCUT2D eigenvalue weighted by molar-refractivity contribution is 0.882. The lowest BCUT2D eigenvalue weighted by atomic mass is 10.1. The minimum atomic E-state index is 0.543. The van der Waals surface area contributed by atoms with Gasteiger partial charge in [0.05, 0.1) is 12.2 Å². The van der Waals surface area contributed by atoms with Gasteiger partial charge in [0.1, 0.15) is 0 Å². The summed E-state index contributed by atoms with van der Waals surface area (Å²) in [5, 5.41) is 11.3. The van der Waals surface area contributed by atoms with E-state index in [0.29, 0.717) is 16.3 Å². The molecule has 4 nitrogen and oxygen atoms in total. The van der Waals surface area contributed by atoms with Crippen LogP contribution >= 0.6 is 23.8 Å². The third kappa shape index (κ3) is 3.46. The number of aromatic amines is 1. The van der Waals surface area contributed by atoms with Crippen LogP contribution in [0.15, 0.2) is 42.5 Å². The van der Waals surface area contributed by atoms with Crippen molar-refractivity contribution in [3.05, 3.63) is 69.2 Å². The van der Waals surface area contributed by atoms with E-state index >= 15 is 0 Å². The quantitative estimate of drug-likeness (QED) is 0.667. The first-order valence-corrected chi connectivity index (χ1v) is 8.06. The minimum Gasteiger partial charge on any atom is -0.378 e. The zero-order valence-electron chi connectivity index (χ0n) is 12.9. The van der Waals surface area contributed by atoms with Crippen LogP contribution in [0.2, 0.25) is 5.02 Å². The van der Waals surface area contributed by atoms with E-state index < -0.39 is 0 Å². The van der Waals surface area contributed by atoms with Gasteiger partial charge in [0.25, 0.3) is 0 Å². The number of hydrogen-bond acceptors (Lipinski definition) is 3. The predicted octanol–water partition coefficient (Wildman–Crippen LogP) is 4.81. The lowest BCUT2D eigenvalue weighted by Crippen LogP contribution is -2.09. The van der Waals surface area contributed by atoms with Crippen LogP contribution < -0.4 is 5.32 Å². The van der Waals surface area contributed by atoms with Gasteiger partial charge >= 0.3 is 0 Å². The summed E-state index contributed by atoms with van der Waals surface area (Å²) in [4.78, 5) is 0. The lowest BCUT2D eigenvalue weighted by Gasteiger charge is -2.12. The molecule has 0 aliphatic rings. The molecule has 1 heterocycles. The zero-order valence-corrected chi connectivity index (χ0v) is 14.5. The van der Waals surface area contributed by atoms with E-state index in [2.05, 4.69) is 47.6 Å². The number of halogens is 1. The summed E-state index contributed by atoms with van der Waals surface area (Å²) in [7, 11) is 0. The van der Waals surface area contributed by atoms with Gasteiger partial charge in [0.15, 0.2) is 10.6 Å². The molecule has 3 rings (SSSR count). The fourth-order valence-corrected chi connectivity index (χ4v) is 2.88. The summed E-state index contributed by atoms with van der Waals surface area (Å²) in [5.41, 5.74) is 4.32. The second-order valence-corrected chi connectivity index (χ2v) is 6.26. The maximum absolute atomic E-state index is 6.01. The number of nitrogens with zero attached hydrogens (tertiary/aromatic N) is 2. The van der Waals surface area contributed by atoms with Gasteiger partial charge in [-0.1, -0.05) is 29.8 Å². The zero-order chi connectivity index (χ0) is 16.4. The fourth-order valence-electron chi connectivity index (χ4n) is 2.44. The summed E-state index contributed by atoms with van der Waals surface area (Å²) in [6.45, 7) is 4.68. The molecule has 0 saturated heterocycles. The monoisotopic (exact) mass is 344 g/mol. The molecule has 2 aromatic carbocycles. The second kappa shape index (κ2) is 6.56. The van der Waals surface area contributed by atoms with Crippen LogP contribution in [0, 0.1) is 18.6 Å². The smallest absolute Gasteiger partial charge is 0.199 e. The van der Waals surface area contributed by atoms with Crippen molar-refractivity contribution < 1.29 is 0 Å². The highest BCUT2D eigenvalue weighted by atomic mass is 35.5. The molecule has 2 N–H and O–H groups in total. The van der Waals surface area contributed by atoms with E-state index in [1.54, 1.807) is 0 Å². The van der Waals surface area contributed by atoms with E-state index in [0.717, 1.165) is 22.8 Å². The van der Waals surface area contributed by atoms with Crippen molar-refractivity contribution in [1.82, 2.24) is 14.8 Å². The van der Waals surface area contributed by atoms with Gasteiger partial charge in [-0.15, -0.1) is 0 Å². The molecule has 0 spiro atoms. The number of benzene rings is 2. The van der Waals surface area contributed by atoms with Crippen LogP contribution in [0.4, 0.5) is 5.69 Å². The number of nitrogens with one attached hydrogen (secondary N) is 2. The molecular formula is C17H17ClN4S. The normalized spacial score (nSPS) is 10.7. The van der Waals surface area contributed by atoms with Gasteiger partial charge in [-0.2, -0.15) is 5.10 Å². The van der Waals surface area contributed by atoms with Crippen molar-refractivity contribution in [1.29, 1.82) is 0 Å². The fraction of sp³-hybridized carbons (Fsp3) is 0.176. The third-order valence-corrected chi connectivity index (χ3v) is 4.13. The average Bonchev–Trinajstić information content (AvgIpc) is 2.88. The molecule has 0 aliphatic heterocycles. The number of hydrogen-bond donors (Lipinski definition) is 2. The maximum Gasteiger partial charge on any atom is 0.199 e. The van der Waals surface area contributed by atoms with Crippen LogP contribution in [0.3, 0.4) is 0 Å². The van der Waals surface area contributed by atoms with E-state index in [1.807, 2.05) is 28.8 Å². The first-order valence-electron chi connectivity index (χ1n) is 7.28. The molecule has 0 fully saturated rings. The SMILES string of the molecule is Cc1ccc(C)c(-n2c(CNc3cccc(Cl)c3)n[nH]c2=S)c1. The molecule has 6 heteroatoms. The Labute approximate surface area is 145 Å². The highest BCUT2D eigenvalue weighted by Crippen LogP contribution is 2.19. The Balaban J connectivity index is 1.93. The minimum absolute atomic E-state index is 0.543. The number of anilines is 1. The van der Waals surface area contributed by atoms with E-state index in [-0.39, 0.29) is 0 Å². The molecule has 23 heavy (non-hydrogen) atoms. The molecule has 0 amide bonds. The number of aryl methyl sites for hydroxylation is 2. The Morgan fingerprint density at radius 2 is 2.04 bits per heavy atom. The first kappa shape index (κ1) is 15.8. The predicted molar refractivity (Wildman–Crippen MR) is 97.0 cm³/mol. The van der Waals surface area contributed by atoms with E-state index in [1.165, 1.54) is 5.56 Å². The van der Waals surface area contributed by atoms with Crippen molar-refractivity contribution >= 4 is 29.5 Å². The highest BCUT2D eigenvalue weighted by Gasteiger charge is 2.10. The van der Waals surface area contributed by atoms with E-state index in [4.69, 9.17) is 23.8 Å². The van der Waals surface area contributed by atoms with Crippen LogP contribution in [0.5, 0.6) is 0 Å². The Morgan fingerprint density at radius 1 is 1.22 bits per heavy atom. The van der Waals surface area contributed by atoms with Crippen molar-refractivity contribution in [3.63, 3.8) is 0 Å². The van der Waals surface area contributed by atoms with Gasteiger partial charge in [-0.3, -0.25) is 9.67 Å². The van der Waals surface area contributed by atoms with Crippen molar-refractivity contribution in [2.45, 2.75) is 20.4 Å². The Hall–Kier alpha value is -2.11. The molecule has 3 aromatic rings. The van der Waals surface area contributed by atoms with Gasteiger partial charge < -0.3 is 5.32 Å². The molecule has 0 bridgehead atoms. The summed E-state index contributed by atoms with van der Waals surface area (Å²) < 4.78 is 2.55. The summed E-state index contributed by atoms with van der Waals surface area (Å²) >= 11 is 11.4. The summed E-state index contributed by atoms with van der Waals surface area (Å²) in [5.74, 6) is 0.823. The number of rotatable bonds is 4. The van der Waals surface area contributed by atoms with Crippen LogP contribution in [-0.4, -0.2) is 14.8 Å². The Kier molecular flexibility index (Phi) is 4.50. The van der Waals surface area contributed by atoms with Gasteiger partial charge in [0.2, 0.25) is 0 Å². The van der Waals surface area contributed by atoms with Crippen molar-refractivity contribution in [2.24, 2.45) is 0 Å². The molecule has 0 radical (unpaired) electrons. The molecule has 1 aromatic heterocycles. The van der Waals surface area contributed by atoms with Crippen molar-refractivity contribution in [2.75, 3.05) is 5.32 Å². The average molecular weight is 345 g/mol. The topological polar surface area (TPSA) is 45.6 Å². The van der Waals surface area contributed by atoms with Crippen LogP contribution in [-0.2, 0) is 6.54 Å². The third-order valence-electron chi connectivity index (χ3n) is 3.62. The molecule has 0 unspecified atom stereocenters. The molecular weight excluding hydrogens is 328 g/mol. The first-order chi connectivity index (χ1) is 11.0. The largest absolute Gasteiger partial charge is 0.378 e. The Morgan fingerprint density at radius 3 is 2.83 bits per heavy atom. The summed E-state index contributed by atoms with van der Waals surface area (Å²) in [6, 6.07) is 13.9. The molecule has 0 aliphatic carbocycles. The number of H-pyrrole nitrogens is 1. The second-order valence-electron chi connectivity index (χ2n) is 5.43. The van der Waals surface area contributed by atoms with Crippen molar-refractivity contribution in [3.8, 4) is 5.69 Å². The maximum atomic E-state index is 6.01. The van der Waals surface area contributed by atoms with Crippen LogP contribution in [0.25, 0.3) is 5.69 Å². The molecule has 0 saturated carbocycles. The van der Waals surface area contributed by atoms with Crippen LogP contribution in [0.1, 0.15) is 17.0 Å². The highest BCUT2D eigenvalue weighted by molar-refractivity contribution is 7.71. The summed E-state index contributed by atoms with van der Waals surface area (Å²) in [6.07, 6.45) is 0.